The molecule has 0 fully saturated rings. The van der Waals surface area contributed by atoms with Gasteiger partial charge in [0.05, 0.1) is 0 Å². The Morgan fingerprint density at radius 1 is 1.47 bits per heavy atom. The Morgan fingerprint density at radius 3 is 3.07 bits per heavy atom. The Hall–Kier alpha value is -1.56. The van der Waals surface area contributed by atoms with E-state index in [-0.39, 0.29) is 0 Å². The van der Waals surface area contributed by atoms with E-state index >= 15 is 0 Å². The average molecular weight is 198 g/mol. The summed E-state index contributed by atoms with van der Waals surface area (Å²) < 4.78 is 0. The summed E-state index contributed by atoms with van der Waals surface area (Å²) in [5.74, 6) is 0. The second kappa shape index (κ2) is 6.83. The Kier molecular flexibility index (Phi) is 5.24. The zero-order valence-electron chi connectivity index (χ0n) is 9.32. The van der Waals surface area contributed by atoms with E-state index in [4.69, 9.17) is 0 Å². The van der Waals surface area contributed by atoms with Gasteiger partial charge >= 0.3 is 0 Å². The predicted molar refractivity (Wildman–Crippen MR) is 68.7 cm³/mol. The molecule has 0 amide bonds. The van der Waals surface area contributed by atoms with Crippen LogP contribution in [0.1, 0.15) is 19.8 Å². The third kappa shape index (κ3) is 3.99. The molecule has 0 N–H and O–H groups in total. The lowest BCUT2D eigenvalue weighted by Crippen LogP contribution is -1.82. The van der Waals surface area contributed by atoms with Crippen LogP contribution >= 0.6 is 0 Å². The van der Waals surface area contributed by atoms with Crippen LogP contribution in [-0.4, -0.2) is 0 Å². The molecule has 0 unspecified atom stereocenters. The first-order valence-electron chi connectivity index (χ1n) is 5.41. The molecule has 1 aliphatic carbocycles. The van der Waals surface area contributed by atoms with Crippen molar-refractivity contribution in [1.29, 1.82) is 0 Å². The second-order valence-corrected chi connectivity index (χ2v) is 3.35. The maximum atomic E-state index is 3.75. The summed E-state index contributed by atoms with van der Waals surface area (Å²) >= 11 is 0. The first-order chi connectivity index (χ1) is 7.38. The second-order valence-electron chi connectivity index (χ2n) is 3.35. The Bertz CT molecular complexity index is 346. The molecule has 0 aromatic heterocycles. The summed E-state index contributed by atoms with van der Waals surface area (Å²) in [5.41, 5.74) is 2.50. The third-order valence-electron chi connectivity index (χ3n) is 2.16. The van der Waals surface area contributed by atoms with E-state index in [0.717, 1.165) is 12.8 Å². The fraction of sp³-hybridized carbons (Fsp3) is 0.200. The summed E-state index contributed by atoms with van der Waals surface area (Å²) in [6.45, 7) is 5.89. The number of allylic oxidation sites excluding steroid dienone is 11. The molecule has 0 saturated heterocycles. The molecule has 0 bridgehead atoms. The van der Waals surface area contributed by atoms with E-state index in [1.807, 2.05) is 12.2 Å². The molecule has 0 spiro atoms. The summed E-state index contributed by atoms with van der Waals surface area (Å²) in [6, 6.07) is 0. The summed E-state index contributed by atoms with van der Waals surface area (Å²) in [4.78, 5) is 0. The zero-order valence-corrected chi connectivity index (χ0v) is 9.32. The minimum Gasteiger partial charge on any atom is -0.0990 e. The van der Waals surface area contributed by atoms with E-state index in [2.05, 4.69) is 56.0 Å². The van der Waals surface area contributed by atoms with Crippen molar-refractivity contribution in [2.75, 3.05) is 0 Å². The smallest absolute Gasteiger partial charge is 0.0157 e. The molecule has 0 heterocycles. The van der Waals surface area contributed by atoms with Crippen molar-refractivity contribution in [3.05, 3.63) is 72.4 Å². The molecule has 0 saturated carbocycles. The molecule has 0 atom stereocenters. The fourth-order valence-corrected chi connectivity index (χ4v) is 1.41. The summed E-state index contributed by atoms with van der Waals surface area (Å²) in [6.07, 6.45) is 20.9. The van der Waals surface area contributed by atoms with Gasteiger partial charge in [0.25, 0.3) is 0 Å². The van der Waals surface area contributed by atoms with Crippen LogP contribution < -0.4 is 0 Å². The minimum absolute atomic E-state index is 0.997. The van der Waals surface area contributed by atoms with E-state index in [9.17, 15) is 0 Å². The first kappa shape index (κ1) is 11.5. The summed E-state index contributed by atoms with van der Waals surface area (Å²) in [7, 11) is 0. The van der Waals surface area contributed by atoms with E-state index in [1.165, 1.54) is 11.1 Å². The molecule has 0 radical (unpaired) electrons. The fourth-order valence-electron chi connectivity index (χ4n) is 1.41. The van der Waals surface area contributed by atoms with Gasteiger partial charge < -0.3 is 0 Å². The van der Waals surface area contributed by atoms with Crippen molar-refractivity contribution in [3.8, 4) is 0 Å². The molecular formula is C15H18. The highest BCUT2D eigenvalue weighted by Gasteiger charge is 1.97. The van der Waals surface area contributed by atoms with Crippen molar-refractivity contribution in [2.24, 2.45) is 0 Å². The topological polar surface area (TPSA) is 0 Å². The van der Waals surface area contributed by atoms with Crippen LogP contribution in [0.2, 0.25) is 0 Å². The average Bonchev–Trinajstić information content (AvgIpc) is 2.52. The highest BCUT2D eigenvalue weighted by molar-refractivity contribution is 5.49. The van der Waals surface area contributed by atoms with Crippen molar-refractivity contribution in [2.45, 2.75) is 19.8 Å². The van der Waals surface area contributed by atoms with E-state index in [1.54, 1.807) is 0 Å². The number of hydrogen-bond donors (Lipinski definition) is 0. The lowest BCUT2D eigenvalue weighted by atomic mass is 10.0. The van der Waals surface area contributed by atoms with Crippen molar-refractivity contribution >= 4 is 0 Å². The molecule has 0 nitrogen and oxygen atoms in total. The Morgan fingerprint density at radius 2 is 2.33 bits per heavy atom. The largest absolute Gasteiger partial charge is 0.0990 e. The molecule has 1 aliphatic rings. The highest BCUT2D eigenvalue weighted by atomic mass is 14.0. The Labute approximate surface area is 92.7 Å². The van der Waals surface area contributed by atoms with Gasteiger partial charge in [-0.1, -0.05) is 68.2 Å². The highest BCUT2D eigenvalue weighted by Crippen LogP contribution is 2.17. The van der Waals surface area contributed by atoms with Gasteiger partial charge in [-0.2, -0.15) is 0 Å². The minimum atomic E-state index is 0.997. The predicted octanol–water partition coefficient (Wildman–Crippen LogP) is 4.51. The van der Waals surface area contributed by atoms with Gasteiger partial charge in [-0.25, -0.2) is 0 Å². The van der Waals surface area contributed by atoms with Crippen LogP contribution in [0.4, 0.5) is 0 Å². The SMILES string of the molecule is C=C/C=C(\C=CCC)C1=CCC=CC=C1. The van der Waals surface area contributed by atoms with Gasteiger partial charge in [-0.05, 0) is 24.0 Å². The maximum absolute atomic E-state index is 3.75. The van der Waals surface area contributed by atoms with Crippen LogP contribution in [0.5, 0.6) is 0 Å². The van der Waals surface area contributed by atoms with Gasteiger partial charge in [0.2, 0.25) is 0 Å². The normalized spacial score (nSPS) is 16.6. The molecule has 78 valence electrons. The third-order valence-corrected chi connectivity index (χ3v) is 2.16. The van der Waals surface area contributed by atoms with E-state index < -0.39 is 0 Å². The van der Waals surface area contributed by atoms with Crippen LogP contribution in [0.25, 0.3) is 0 Å². The zero-order chi connectivity index (χ0) is 10.9. The van der Waals surface area contributed by atoms with Crippen LogP contribution in [0.3, 0.4) is 0 Å². The lowest BCUT2D eigenvalue weighted by Gasteiger charge is -2.02. The Balaban J connectivity index is 2.89. The quantitative estimate of drug-likeness (QED) is 0.583. The van der Waals surface area contributed by atoms with Crippen LogP contribution in [-0.2, 0) is 0 Å². The molecule has 0 aromatic carbocycles. The van der Waals surface area contributed by atoms with Crippen LogP contribution in [0, 0.1) is 0 Å². The maximum Gasteiger partial charge on any atom is -0.0157 e. The van der Waals surface area contributed by atoms with Crippen LogP contribution in [0.15, 0.2) is 72.4 Å². The number of rotatable bonds is 4. The van der Waals surface area contributed by atoms with E-state index in [0.29, 0.717) is 0 Å². The van der Waals surface area contributed by atoms with Gasteiger partial charge in [0.15, 0.2) is 0 Å². The monoisotopic (exact) mass is 198 g/mol. The standard InChI is InChI=1S/C15H18/c1-3-5-11-14(10-4-2)15-12-8-6-7-9-13-15/h4-8,10-13H,2-3,9H2,1H3/b11-5?,14-10+. The number of hydrogen-bond acceptors (Lipinski definition) is 0. The molecule has 0 heteroatoms. The molecule has 0 aliphatic heterocycles. The molecule has 0 aromatic rings. The van der Waals surface area contributed by atoms with Crippen molar-refractivity contribution in [1.82, 2.24) is 0 Å². The van der Waals surface area contributed by atoms with Crippen molar-refractivity contribution < 1.29 is 0 Å². The molecular weight excluding hydrogens is 180 g/mol. The van der Waals surface area contributed by atoms with Gasteiger partial charge in [0, 0.05) is 0 Å². The van der Waals surface area contributed by atoms with Gasteiger partial charge in [-0.3, -0.25) is 0 Å². The lowest BCUT2D eigenvalue weighted by molar-refractivity contribution is 1.22. The first-order valence-corrected chi connectivity index (χ1v) is 5.41. The molecule has 15 heavy (non-hydrogen) atoms. The summed E-state index contributed by atoms with van der Waals surface area (Å²) in [5, 5.41) is 0. The van der Waals surface area contributed by atoms with Crippen molar-refractivity contribution in [3.63, 3.8) is 0 Å². The van der Waals surface area contributed by atoms with Gasteiger partial charge in [-0.15, -0.1) is 0 Å². The van der Waals surface area contributed by atoms with Gasteiger partial charge in [0.1, 0.15) is 0 Å². The molecule has 1 rings (SSSR count).